The predicted molar refractivity (Wildman–Crippen MR) is 100 cm³/mol. The molecule has 0 radical (unpaired) electrons. The van der Waals surface area contributed by atoms with Crippen molar-refractivity contribution in [3.05, 3.63) is 24.0 Å². The lowest BCUT2D eigenvalue weighted by molar-refractivity contribution is -0.123. The van der Waals surface area contributed by atoms with Gasteiger partial charge in [-0.1, -0.05) is 19.3 Å². The highest BCUT2D eigenvalue weighted by Crippen LogP contribution is 2.26. The maximum Gasteiger partial charge on any atom is 0.250 e. The normalized spacial score (nSPS) is 24.5. The van der Waals surface area contributed by atoms with Gasteiger partial charge in [-0.05, 0) is 44.9 Å². The number of rotatable bonds is 5. The van der Waals surface area contributed by atoms with Crippen molar-refractivity contribution in [1.29, 1.82) is 0 Å². The fourth-order valence-electron chi connectivity index (χ4n) is 3.84. The Kier molecular flexibility index (Phi) is 6.48. The molecule has 1 amide bonds. The Hall–Kier alpha value is -1.66. The quantitative estimate of drug-likeness (QED) is 0.865. The Bertz CT molecular complexity index is 609. The summed E-state index contributed by atoms with van der Waals surface area (Å²) in [4.78, 5) is 14.0. The van der Waals surface area contributed by atoms with Gasteiger partial charge in [-0.2, -0.15) is 0 Å². The fraction of sp³-hybridized carbons (Fsp3) is 0.650. The molecular weight excluding hydrogens is 335 g/mol. The molecule has 0 aromatic heterocycles. The van der Waals surface area contributed by atoms with E-state index in [2.05, 4.69) is 5.32 Å². The van der Waals surface area contributed by atoms with Crippen LogP contribution in [-0.2, 0) is 14.3 Å². The predicted octanol–water partition coefficient (Wildman–Crippen LogP) is 3.73. The van der Waals surface area contributed by atoms with Crippen molar-refractivity contribution < 1.29 is 18.7 Å². The fourth-order valence-corrected chi connectivity index (χ4v) is 3.84. The summed E-state index contributed by atoms with van der Waals surface area (Å²) >= 11 is 0. The summed E-state index contributed by atoms with van der Waals surface area (Å²) in [7, 11) is 0. The van der Waals surface area contributed by atoms with Crippen molar-refractivity contribution in [1.82, 2.24) is 0 Å². The largest absolute Gasteiger partial charge is 0.372 e. The first kappa shape index (κ1) is 19.1. The molecule has 1 aromatic rings. The van der Waals surface area contributed by atoms with E-state index in [-0.39, 0.29) is 36.6 Å². The molecule has 0 spiro atoms. The van der Waals surface area contributed by atoms with Crippen molar-refractivity contribution >= 4 is 17.3 Å². The zero-order valence-electron chi connectivity index (χ0n) is 15.7. The summed E-state index contributed by atoms with van der Waals surface area (Å²) in [6.07, 6.45) is 5.93. The molecule has 144 valence electrons. The van der Waals surface area contributed by atoms with E-state index < -0.39 is 0 Å². The molecule has 6 heteroatoms. The molecule has 2 fully saturated rings. The summed E-state index contributed by atoms with van der Waals surface area (Å²) in [5, 5.41) is 2.72. The first-order valence-corrected chi connectivity index (χ1v) is 9.62. The molecule has 1 heterocycles. The van der Waals surface area contributed by atoms with Gasteiger partial charge in [-0.15, -0.1) is 0 Å². The van der Waals surface area contributed by atoms with Crippen LogP contribution in [0.1, 0.15) is 46.0 Å². The molecule has 1 aromatic carbocycles. The maximum atomic E-state index is 14.6. The average molecular weight is 364 g/mol. The van der Waals surface area contributed by atoms with Crippen LogP contribution in [0.5, 0.6) is 0 Å². The number of nitrogens with zero attached hydrogens (tertiary/aromatic N) is 1. The van der Waals surface area contributed by atoms with Crippen molar-refractivity contribution in [3.8, 4) is 0 Å². The molecule has 1 aliphatic heterocycles. The minimum absolute atomic E-state index is 0.0204. The van der Waals surface area contributed by atoms with Gasteiger partial charge in [0.25, 0.3) is 0 Å². The number of benzene rings is 1. The minimum atomic E-state index is -0.336. The second kappa shape index (κ2) is 8.82. The van der Waals surface area contributed by atoms with Gasteiger partial charge in [0.05, 0.1) is 24.0 Å². The van der Waals surface area contributed by atoms with Crippen LogP contribution in [-0.4, -0.2) is 43.9 Å². The summed E-state index contributed by atoms with van der Waals surface area (Å²) in [5.74, 6) is -0.575. The SMILES string of the molecule is C[C@H]1CN(c2ccc(NC(=O)COC3CCCCC3)cc2F)C[C@H](C)O1. The van der Waals surface area contributed by atoms with E-state index >= 15 is 0 Å². The van der Waals surface area contributed by atoms with Gasteiger partial charge in [0.15, 0.2) is 0 Å². The lowest BCUT2D eigenvalue weighted by Crippen LogP contribution is -2.45. The number of ether oxygens (including phenoxy) is 2. The van der Waals surface area contributed by atoms with Crippen LogP contribution in [0, 0.1) is 5.82 Å². The molecule has 1 N–H and O–H groups in total. The van der Waals surface area contributed by atoms with Crippen LogP contribution < -0.4 is 10.2 Å². The van der Waals surface area contributed by atoms with Crippen LogP contribution in [0.15, 0.2) is 18.2 Å². The van der Waals surface area contributed by atoms with Gasteiger partial charge >= 0.3 is 0 Å². The minimum Gasteiger partial charge on any atom is -0.372 e. The van der Waals surface area contributed by atoms with Crippen molar-refractivity contribution in [2.24, 2.45) is 0 Å². The van der Waals surface area contributed by atoms with E-state index in [1.54, 1.807) is 12.1 Å². The number of amides is 1. The van der Waals surface area contributed by atoms with E-state index in [0.717, 1.165) is 25.7 Å². The Morgan fingerprint density at radius 3 is 2.58 bits per heavy atom. The monoisotopic (exact) mass is 364 g/mol. The Morgan fingerprint density at radius 1 is 1.23 bits per heavy atom. The first-order valence-electron chi connectivity index (χ1n) is 9.62. The number of hydrogen-bond acceptors (Lipinski definition) is 4. The number of hydrogen-bond donors (Lipinski definition) is 1. The summed E-state index contributed by atoms with van der Waals surface area (Å²) in [5.41, 5.74) is 1.00. The van der Waals surface area contributed by atoms with Gasteiger partial charge in [-0.3, -0.25) is 4.79 Å². The van der Waals surface area contributed by atoms with E-state index in [1.807, 2.05) is 18.7 Å². The number of nitrogens with one attached hydrogen (secondary N) is 1. The van der Waals surface area contributed by atoms with Gasteiger partial charge in [0.1, 0.15) is 12.4 Å². The summed E-state index contributed by atoms with van der Waals surface area (Å²) < 4.78 is 25.9. The lowest BCUT2D eigenvalue weighted by Gasteiger charge is -2.37. The second-order valence-electron chi connectivity index (χ2n) is 7.45. The van der Waals surface area contributed by atoms with Gasteiger partial charge < -0.3 is 19.7 Å². The number of halogens is 1. The highest BCUT2D eigenvalue weighted by Gasteiger charge is 2.24. The van der Waals surface area contributed by atoms with Crippen LogP contribution in [0.4, 0.5) is 15.8 Å². The molecule has 26 heavy (non-hydrogen) atoms. The molecule has 0 bridgehead atoms. The smallest absolute Gasteiger partial charge is 0.250 e. The van der Waals surface area contributed by atoms with Crippen molar-refractivity contribution in [2.75, 3.05) is 29.9 Å². The molecular formula is C20H29FN2O3. The number of anilines is 2. The van der Waals surface area contributed by atoms with Gasteiger partial charge in [-0.25, -0.2) is 4.39 Å². The molecule has 3 rings (SSSR count). The first-order chi connectivity index (χ1) is 12.5. The number of carbonyl (C=O) groups excluding carboxylic acids is 1. The Balaban J connectivity index is 1.54. The van der Waals surface area contributed by atoms with E-state index in [1.165, 1.54) is 12.5 Å². The lowest BCUT2D eigenvalue weighted by atomic mass is 9.98. The van der Waals surface area contributed by atoms with E-state index in [9.17, 15) is 9.18 Å². The summed E-state index contributed by atoms with van der Waals surface area (Å²) in [6.45, 7) is 5.31. The average Bonchev–Trinajstić information content (AvgIpc) is 2.60. The molecule has 0 unspecified atom stereocenters. The van der Waals surface area contributed by atoms with Crippen LogP contribution in [0.25, 0.3) is 0 Å². The van der Waals surface area contributed by atoms with Gasteiger partial charge in [0.2, 0.25) is 5.91 Å². The van der Waals surface area contributed by atoms with Crippen LogP contribution >= 0.6 is 0 Å². The van der Waals surface area contributed by atoms with E-state index in [0.29, 0.717) is 24.5 Å². The maximum absolute atomic E-state index is 14.6. The van der Waals surface area contributed by atoms with Crippen molar-refractivity contribution in [2.45, 2.75) is 64.3 Å². The zero-order chi connectivity index (χ0) is 18.5. The van der Waals surface area contributed by atoms with Crippen molar-refractivity contribution in [3.63, 3.8) is 0 Å². The standard InChI is InChI=1S/C20H29FN2O3/c1-14-11-23(12-15(2)26-14)19-9-8-16(10-18(19)21)22-20(24)13-25-17-6-4-3-5-7-17/h8-10,14-15,17H,3-7,11-13H2,1-2H3,(H,22,24)/t14-,15-/m0/s1. The third kappa shape index (κ3) is 5.17. The molecule has 5 nitrogen and oxygen atoms in total. The highest BCUT2D eigenvalue weighted by atomic mass is 19.1. The molecule has 2 atom stereocenters. The van der Waals surface area contributed by atoms with Crippen LogP contribution in [0.3, 0.4) is 0 Å². The Morgan fingerprint density at radius 2 is 1.92 bits per heavy atom. The molecule has 1 saturated heterocycles. The molecule has 1 aliphatic carbocycles. The zero-order valence-corrected chi connectivity index (χ0v) is 15.7. The molecule has 1 saturated carbocycles. The third-order valence-corrected chi connectivity index (χ3v) is 4.99. The Labute approximate surface area is 154 Å². The number of morpholine rings is 1. The van der Waals surface area contributed by atoms with Gasteiger partial charge in [0, 0.05) is 18.8 Å². The van der Waals surface area contributed by atoms with Crippen LogP contribution in [0.2, 0.25) is 0 Å². The summed E-state index contributed by atoms with van der Waals surface area (Å²) in [6, 6.07) is 4.83. The second-order valence-corrected chi connectivity index (χ2v) is 7.45. The molecule has 2 aliphatic rings. The van der Waals surface area contributed by atoms with E-state index in [4.69, 9.17) is 9.47 Å². The third-order valence-electron chi connectivity index (χ3n) is 4.99. The number of carbonyl (C=O) groups is 1. The highest BCUT2D eigenvalue weighted by molar-refractivity contribution is 5.91. The topological polar surface area (TPSA) is 50.8 Å².